The van der Waals surface area contributed by atoms with Gasteiger partial charge in [0, 0.05) is 30.4 Å². The van der Waals surface area contributed by atoms with Crippen LogP contribution in [-0.4, -0.2) is 33.9 Å². The summed E-state index contributed by atoms with van der Waals surface area (Å²) in [6.07, 6.45) is 3.96. The summed E-state index contributed by atoms with van der Waals surface area (Å²) in [6.45, 7) is 3.51. The van der Waals surface area contributed by atoms with Crippen LogP contribution in [0.5, 0.6) is 0 Å². The van der Waals surface area contributed by atoms with Crippen molar-refractivity contribution in [1.29, 1.82) is 0 Å². The standard InChI is InChI=1S/C21H21N3O/c1-15-5-4-8-20(23-15)21(25)24-10-9-16(14-24)11-17-12-18-6-2-3-7-19(18)22-13-17/h2-8,12-13,16H,9-11,14H2,1H3/t16-/m0/s1. The Hall–Kier alpha value is -2.75. The summed E-state index contributed by atoms with van der Waals surface area (Å²) in [6, 6.07) is 16.0. The van der Waals surface area contributed by atoms with Crippen molar-refractivity contribution >= 4 is 16.8 Å². The molecule has 0 saturated carbocycles. The number of hydrogen-bond donors (Lipinski definition) is 0. The Morgan fingerprint density at radius 1 is 1.20 bits per heavy atom. The van der Waals surface area contributed by atoms with Crippen LogP contribution in [0.1, 0.15) is 28.2 Å². The number of aromatic nitrogens is 2. The van der Waals surface area contributed by atoms with Crippen LogP contribution < -0.4 is 0 Å². The van der Waals surface area contributed by atoms with E-state index in [1.807, 2.05) is 48.4 Å². The highest BCUT2D eigenvalue weighted by molar-refractivity contribution is 5.92. The third-order valence-corrected chi connectivity index (χ3v) is 4.85. The Morgan fingerprint density at radius 3 is 2.96 bits per heavy atom. The number of nitrogens with zero attached hydrogens (tertiary/aromatic N) is 3. The molecule has 0 bridgehead atoms. The number of amides is 1. The molecule has 0 spiro atoms. The molecule has 1 atom stereocenters. The minimum absolute atomic E-state index is 0.0443. The Labute approximate surface area is 147 Å². The monoisotopic (exact) mass is 331 g/mol. The van der Waals surface area contributed by atoms with E-state index in [2.05, 4.69) is 22.1 Å². The van der Waals surface area contributed by atoms with Gasteiger partial charge in [0.25, 0.3) is 5.91 Å². The highest BCUT2D eigenvalue weighted by atomic mass is 16.2. The average Bonchev–Trinajstić information content (AvgIpc) is 3.09. The van der Waals surface area contributed by atoms with E-state index in [-0.39, 0.29) is 5.91 Å². The van der Waals surface area contributed by atoms with E-state index in [1.165, 1.54) is 10.9 Å². The van der Waals surface area contributed by atoms with Crippen molar-refractivity contribution < 1.29 is 4.79 Å². The van der Waals surface area contributed by atoms with Gasteiger partial charge < -0.3 is 4.90 Å². The molecule has 0 N–H and O–H groups in total. The van der Waals surface area contributed by atoms with Crippen molar-refractivity contribution in [1.82, 2.24) is 14.9 Å². The third-order valence-electron chi connectivity index (χ3n) is 4.85. The molecule has 1 aromatic carbocycles. The van der Waals surface area contributed by atoms with Gasteiger partial charge in [-0.3, -0.25) is 9.78 Å². The summed E-state index contributed by atoms with van der Waals surface area (Å²) in [7, 11) is 0. The highest BCUT2D eigenvalue weighted by Gasteiger charge is 2.27. The van der Waals surface area contributed by atoms with Gasteiger partial charge >= 0.3 is 0 Å². The molecule has 0 aliphatic carbocycles. The first-order valence-corrected chi connectivity index (χ1v) is 8.75. The Morgan fingerprint density at radius 2 is 2.08 bits per heavy atom. The van der Waals surface area contributed by atoms with Gasteiger partial charge in [0.2, 0.25) is 0 Å². The van der Waals surface area contributed by atoms with Crippen LogP contribution in [0.3, 0.4) is 0 Å². The van der Waals surface area contributed by atoms with E-state index >= 15 is 0 Å². The molecule has 1 amide bonds. The van der Waals surface area contributed by atoms with Gasteiger partial charge in [0.15, 0.2) is 0 Å². The molecule has 3 aromatic rings. The van der Waals surface area contributed by atoms with E-state index in [0.29, 0.717) is 11.6 Å². The molecule has 3 heterocycles. The number of rotatable bonds is 3. The lowest BCUT2D eigenvalue weighted by molar-refractivity contribution is 0.0781. The molecule has 4 nitrogen and oxygen atoms in total. The predicted octanol–water partition coefficient (Wildman–Crippen LogP) is 3.64. The number of carbonyl (C=O) groups excluding carboxylic acids is 1. The smallest absolute Gasteiger partial charge is 0.272 e. The number of para-hydroxylation sites is 1. The van der Waals surface area contributed by atoms with Crippen LogP contribution in [0.2, 0.25) is 0 Å². The van der Waals surface area contributed by atoms with Crippen LogP contribution in [0.25, 0.3) is 10.9 Å². The zero-order valence-corrected chi connectivity index (χ0v) is 14.4. The number of fused-ring (bicyclic) bond motifs is 1. The second kappa shape index (κ2) is 6.63. The van der Waals surface area contributed by atoms with Crippen LogP contribution >= 0.6 is 0 Å². The first-order chi connectivity index (χ1) is 12.2. The van der Waals surface area contributed by atoms with Crippen molar-refractivity contribution in [3.8, 4) is 0 Å². The molecule has 0 radical (unpaired) electrons. The molecule has 1 aliphatic rings. The van der Waals surface area contributed by atoms with E-state index in [9.17, 15) is 4.79 Å². The molecule has 4 rings (SSSR count). The van der Waals surface area contributed by atoms with Crippen molar-refractivity contribution in [2.75, 3.05) is 13.1 Å². The predicted molar refractivity (Wildman–Crippen MR) is 98.4 cm³/mol. The topological polar surface area (TPSA) is 46.1 Å². The van der Waals surface area contributed by atoms with E-state index in [0.717, 1.165) is 37.1 Å². The minimum atomic E-state index is 0.0443. The molecule has 1 aliphatic heterocycles. The zero-order valence-electron chi connectivity index (χ0n) is 14.4. The van der Waals surface area contributed by atoms with Crippen LogP contribution in [0.4, 0.5) is 0 Å². The SMILES string of the molecule is Cc1cccc(C(=O)N2CC[C@@H](Cc3cnc4ccccc4c3)C2)n1. The van der Waals surface area contributed by atoms with Crippen molar-refractivity contribution in [3.63, 3.8) is 0 Å². The van der Waals surface area contributed by atoms with E-state index in [4.69, 9.17) is 0 Å². The highest BCUT2D eigenvalue weighted by Crippen LogP contribution is 2.23. The lowest BCUT2D eigenvalue weighted by Crippen LogP contribution is -2.29. The second-order valence-electron chi connectivity index (χ2n) is 6.81. The fraction of sp³-hybridized carbons (Fsp3) is 0.286. The van der Waals surface area contributed by atoms with Gasteiger partial charge in [-0.25, -0.2) is 4.98 Å². The Balaban J connectivity index is 1.44. The molecule has 1 saturated heterocycles. The average molecular weight is 331 g/mol. The fourth-order valence-electron chi connectivity index (χ4n) is 3.57. The molecular weight excluding hydrogens is 310 g/mol. The summed E-state index contributed by atoms with van der Waals surface area (Å²) < 4.78 is 0. The van der Waals surface area contributed by atoms with Crippen molar-refractivity contribution in [3.05, 3.63) is 71.7 Å². The summed E-state index contributed by atoms with van der Waals surface area (Å²) in [5.41, 5.74) is 3.70. The van der Waals surface area contributed by atoms with Crippen LogP contribution in [-0.2, 0) is 6.42 Å². The largest absolute Gasteiger partial charge is 0.337 e. The molecule has 25 heavy (non-hydrogen) atoms. The maximum Gasteiger partial charge on any atom is 0.272 e. The lowest BCUT2D eigenvalue weighted by atomic mass is 9.99. The third kappa shape index (κ3) is 3.38. The maximum absolute atomic E-state index is 12.6. The maximum atomic E-state index is 12.6. The van der Waals surface area contributed by atoms with Gasteiger partial charge in [-0.2, -0.15) is 0 Å². The first-order valence-electron chi connectivity index (χ1n) is 8.75. The van der Waals surface area contributed by atoms with E-state index < -0.39 is 0 Å². The van der Waals surface area contributed by atoms with Crippen molar-refractivity contribution in [2.45, 2.75) is 19.8 Å². The van der Waals surface area contributed by atoms with Gasteiger partial charge in [-0.1, -0.05) is 24.3 Å². The van der Waals surface area contributed by atoms with Crippen molar-refractivity contribution in [2.24, 2.45) is 5.92 Å². The number of hydrogen-bond acceptors (Lipinski definition) is 3. The zero-order chi connectivity index (χ0) is 17.2. The number of likely N-dealkylation sites (tertiary alicyclic amines) is 1. The number of aryl methyl sites for hydroxylation is 1. The molecule has 1 fully saturated rings. The van der Waals surface area contributed by atoms with Crippen LogP contribution in [0, 0.1) is 12.8 Å². The number of pyridine rings is 2. The quantitative estimate of drug-likeness (QED) is 0.736. The molecule has 126 valence electrons. The number of benzene rings is 1. The Kier molecular flexibility index (Phi) is 4.18. The molecular formula is C21H21N3O. The normalized spacial score (nSPS) is 17.2. The molecule has 2 aromatic heterocycles. The van der Waals surface area contributed by atoms with Crippen LogP contribution in [0.15, 0.2) is 54.7 Å². The second-order valence-corrected chi connectivity index (χ2v) is 6.81. The van der Waals surface area contributed by atoms with Gasteiger partial charge in [0.1, 0.15) is 5.69 Å². The van der Waals surface area contributed by atoms with E-state index in [1.54, 1.807) is 6.07 Å². The minimum Gasteiger partial charge on any atom is -0.337 e. The summed E-state index contributed by atoms with van der Waals surface area (Å²) in [5, 5.41) is 1.18. The number of carbonyl (C=O) groups is 1. The first kappa shape index (κ1) is 15.8. The summed E-state index contributed by atoms with van der Waals surface area (Å²) in [5.74, 6) is 0.527. The van der Waals surface area contributed by atoms with Gasteiger partial charge in [-0.05, 0) is 55.5 Å². The summed E-state index contributed by atoms with van der Waals surface area (Å²) in [4.78, 5) is 23.5. The Bertz CT molecular complexity index is 922. The van der Waals surface area contributed by atoms with Gasteiger partial charge in [0.05, 0.1) is 5.52 Å². The molecule has 0 unspecified atom stereocenters. The molecule has 4 heteroatoms. The van der Waals surface area contributed by atoms with Gasteiger partial charge in [-0.15, -0.1) is 0 Å². The lowest BCUT2D eigenvalue weighted by Gasteiger charge is -2.16. The summed E-state index contributed by atoms with van der Waals surface area (Å²) >= 11 is 0. The fourth-order valence-corrected chi connectivity index (χ4v) is 3.57.